The lowest BCUT2D eigenvalue weighted by atomic mass is 9.93. The molecule has 0 saturated heterocycles. The summed E-state index contributed by atoms with van der Waals surface area (Å²) in [4.78, 5) is 27.0. The van der Waals surface area contributed by atoms with Gasteiger partial charge in [-0.25, -0.2) is 4.79 Å². The summed E-state index contributed by atoms with van der Waals surface area (Å²) in [6.45, 7) is 0.790. The van der Waals surface area contributed by atoms with Gasteiger partial charge in [0.1, 0.15) is 24.2 Å². The molecule has 32 heavy (non-hydrogen) atoms. The molecule has 4 rings (SSSR count). The van der Waals surface area contributed by atoms with Gasteiger partial charge >= 0.3 is 5.97 Å². The van der Waals surface area contributed by atoms with Crippen LogP contribution in [0.25, 0.3) is 0 Å². The number of hydrogen-bond donors (Lipinski definition) is 0. The van der Waals surface area contributed by atoms with Gasteiger partial charge in [0.25, 0.3) is 5.91 Å². The average molecular weight is 431 g/mol. The van der Waals surface area contributed by atoms with Crippen LogP contribution < -0.4 is 9.47 Å². The van der Waals surface area contributed by atoms with Crippen molar-refractivity contribution < 1.29 is 23.8 Å². The number of likely N-dealkylation sites (N-methyl/N-ethyl adjacent to an activating group) is 1. The van der Waals surface area contributed by atoms with Gasteiger partial charge in [-0.05, 0) is 53.6 Å². The van der Waals surface area contributed by atoms with Gasteiger partial charge in [-0.1, -0.05) is 30.3 Å². The molecule has 1 amide bonds. The van der Waals surface area contributed by atoms with Crippen LogP contribution in [0.3, 0.4) is 0 Å². The van der Waals surface area contributed by atoms with Gasteiger partial charge in [0.05, 0.1) is 19.2 Å². The topological polar surface area (TPSA) is 65.1 Å². The first-order valence-electron chi connectivity index (χ1n) is 10.5. The Bertz CT molecular complexity index is 1090. The van der Waals surface area contributed by atoms with Crippen LogP contribution >= 0.6 is 0 Å². The molecule has 0 aromatic heterocycles. The van der Waals surface area contributed by atoms with Gasteiger partial charge in [-0.15, -0.1) is 0 Å². The summed E-state index contributed by atoms with van der Waals surface area (Å²) in [5, 5.41) is 0. The Hall–Kier alpha value is -3.80. The van der Waals surface area contributed by atoms with E-state index in [0.29, 0.717) is 36.4 Å². The fraction of sp³-hybridized carbons (Fsp3) is 0.231. The monoisotopic (exact) mass is 431 g/mol. The maximum Gasteiger partial charge on any atom is 0.339 e. The van der Waals surface area contributed by atoms with Gasteiger partial charge in [0.2, 0.25) is 0 Å². The smallest absolute Gasteiger partial charge is 0.339 e. The number of esters is 1. The van der Waals surface area contributed by atoms with E-state index in [1.165, 1.54) is 0 Å². The van der Waals surface area contributed by atoms with Gasteiger partial charge in [-0.3, -0.25) is 4.79 Å². The largest absolute Gasteiger partial charge is 0.497 e. The minimum atomic E-state index is -0.361. The minimum absolute atomic E-state index is 0.124. The Morgan fingerprint density at radius 3 is 2.47 bits per heavy atom. The number of nitrogens with zero attached hydrogens (tertiary/aromatic N) is 1. The van der Waals surface area contributed by atoms with E-state index in [1.54, 1.807) is 37.3 Å². The summed E-state index contributed by atoms with van der Waals surface area (Å²) in [6.07, 6.45) is 0.188. The molecular formula is C26H25NO5. The van der Waals surface area contributed by atoms with Crippen molar-refractivity contribution in [2.75, 3.05) is 27.3 Å². The molecular weight excluding hydrogens is 406 g/mol. The average Bonchev–Trinajstić information content (AvgIpc) is 2.84. The first-order valence-corrected chi connectivity index (χ1v) is 10.5. The zero-order chi connectivity index (χ0) is 22.5. The SMILES string of the molecule is COc1ccc(OCCN(C)C(=O)c2ccc3c(c2)C[C@@H](c2ccccc2)OC3=O)cc1. The number of amides is 1. The van der Waals surface area contributed by atoms with Crippen LogP contribution in [-0.4, -0.2) is 44.1 Å². The van der Waals surface area contributed by atoms with Crippen molar-refractivity contribution >= 4 is 11.9 Å². The minimum Gasteiger partial charge on any atom is -0.497 e. The Morgan fingerprint density at radius 1 is 1.03 bits per heavy atom. The number of benzene rings is 3. The van der Waals surface area contributed by atoms with Crippen LogP contribution in [0, 0.1) is 0 Å². The molecule has 1 atom stereocenters. The van der Waals surface area contributed by atoms with Crippen LogP contribution in [0.5, 0.6) is 11.5 Å². The Balaban J connectivity index is 1.40. The lowest BCUT2D eigenvalue weighted by molar-refractivity contribution is 0.0252. The normalized spacial score (nSPS) is 14.8. The summed E-state index contributed by atoms with van der Waals surface area (Å²) in [5.74, 6) is 0.989. The van der Waals surface area contributed by atoms with Crippen LogP contribution in [0.4, 0.5) is 0 Å². The van der Waals surface area contributed by atoms with E-state index >= 15 is 0 Å². The zero-order valence-corrected chi connectivity index (χ0v) is 18.1. The molecule has 6 nitrogen and oxygen atoms in total. The first kappa shape index (κ1) is 21.4. The Kier molecular flexibility index (Phi) is 6.40. The molecule has 0 radical (unpaired) electrons. The Labute approximate surface area is 187 Å². The van der Waals surface area contributed by atoms with Crippen molar-refractivity contribution in [3.05, 3.63) is 95.1 Å². The highest BCUT2D eigenvalue weighted by Gasteiger charge is 2.28. The molecule has 1 aliphatic heterocycles. The summed E-state index contributed by atoms with van der Waals surface area (Å²) < 4.78 is 16.4. The van der Waals surface area contributed by atoms with Gasteiger partial charge < -0.3 is 19.1 Å². The molecule has 0 aliphatic carbocycles. The second kappa shape index (κ2) is 9.56. The second-order valence-electron chi connectivity index (χ2n) is 7.63. The number of fused-ring (bicyclic) bond motifs is 1. The number of cyclic esters (lactones) is 1. The molecule has 0 unspecified atom stereocenters. The molecule has 0 N–H and O–H groups in total. The van der Waals surface area contributed by atoms with Crippen LogP contribution in [0.15, 0.2) is 72.8 Å². The van der Waals surface area contributed by atoms with Crippen molar-refractivity contribution in [1.29, 1.82) is 0 Å². The highest BCUT2D eigenvalue weighted by Crippen LogP contribution is 2.31. The maximum absolute atomic E-state index is 12.9. The number of rotatable bonds is 7. The summed E-state index contributed by atoms with van der Waals surface area (Å²) in [6, 6.07) is 22.1. The molecule has 0 fully saturated rings. The molecule has 0 bridgehead atoms. The molecule has 1 aliphatic rings. The van der Waals surface area contributed by atoms with E-state index in [-0.39, 0.29) is 18.0 Å². The third kappa shape index (κ3) is 4.75. The zero-order valence-electron chi connectivity index (χ0n) is 18.1. The van der Waals surface area contributed by atoms with Gasteiger partial charge in [0, 0.05) is 19.0 Å². The predicted octanol–water partition coefficient (Wildman–Crippen LogP) is 4.30. The van der Waals surface area contributed by atoms with Gasteiger partial charge in [0.15, 0.2) is 0 Å². The third-order valence-electron chi connectivity index (χ3n) is 5.50. The number of methoxy groups -OCH3 is 1. The molecule has 164 valence electrons. The van der Waals surface area contributed by atoms with E-state index in [2.05, 4.69) is 0 Å². The predicted molar refractivity (Wildman–Crippen MR) is 120 cm³/mol. The standard InChI is InChI=1S/C26H25NO5/c1-27(14-15-31-22-11-9-21(30-2)10-12-22)25(28)19-8-13-23-20(16-19)17-24(32-26(23)29)18-6-4-3-5-7-18/h3-13,16,24H,14-15,17H2,1-2H3/t24-/m0/s1. The number of ether oxygens (including phenoxy) is 3. The first-order chi connectivity index (χ1) is 15.5. The number of carbonyl (C=O) groups is 2. The Morgan fingerprint density at radius 2 is 1.75 bits per heavy atom. The summed E-state index contributed by atoms with van der Waals surface area (Å²) >= 11 is 0. The molecule has 3 aromatic carbocycles. The van der Waals surface area contributed by atoms with Crippen molar-refractivity contribution in [2.24, 2.45) is 0 Å². The fourth-order valence-corrected chi connectivity index (χ4v) is 3.68. The molecule has 3 aromatic rings. The second-order valence-corrected chi connectivity index (χ2v) is 7.63. The lowest BCUT2D eigenvalue weighted by Gasteiger charge is -2.26. The van der Waals surface area contributed by atoms with Crippen molar-refractivity contribution in [3.8, 4) is 11.5 Å². The van der Waals surface area contributed by atoms with Crippen LogP contribution in [0.1, 0.15) is 37.9 Å². The van der Waals surface area contributed by atoms with E-state index < -0.39 is 0 Å². The molecule has 1 heterocycles. The van der Waals surface area contributed by atoms with E-state index in [1.807, 2.05) is 54.6 Å². The van der Waals surface area contributed by atoms with Crippen LogP contribution in [0.2, 0.25) is 0 Å². The summed E-state index contributed by atoms with van der Waals surface area (Å²) in [5.41, 5.74) is 2.82. The number of carbonyl (C=O) groups excluding carboxylic acids is 2. The van der Waals surface area contributed by atoms with E-state index in [0.717, 1.165) is 16.9 Å². The molecule has 6 heteroatoms. The van der Waals surface area contributed by atoms with Crippen molar-refractivity contribution in [3.63, 3.8) is 0 Å². The van der Waals surface area contributed by atoms with Crippen molar-refractivity contribution in [2.45, 2.75) is 12.5 Å². The van der Waals surface area contributed by atoms with Crippen LogP contribution in [-0.2, 0) is 11.2 Å². The quantitative estimate of drug-likeness (QED) is 0.522. The highest BCUT2D eigenvalue weighted by atomic mass is 16.5. The van der Waals surface area contributed by atoms with Crippen molar-refractivity contribution in [1.82, 2.24) is 4.90 Å². The number of hydrogen-bond acceptors (Lipinski definition) is 5. The van der Waals surface area contributed by atoms with E-state index in [9.17, 15) is 9.59 Å². The summed E-state index contributed by atoms with van der Waals surface area (Å²) in [7, 11) is 3.35. The van der Waals surface area contributed by atoms with Gasteiger partial charge in [-0.2, -0.15) is 0 Å². The van der Waals surface area contributed by atoms with E-state index in [4.69, 9.17) is 14.2 Å². The lowest BCUT2D eigenvalue weighted by Crippen LogP contribution is -2.31. The molecule has 0 spiro atoms. The third-order valence-corrected chi connectivity index (χ3v) is 5.50. The molecule has 0 saturated carbocycles. The maximum atomic E-state index is 12.9. The fourth-order valence-electron chi connectivity index (χ4n) is 3.68. The highest BCUT2D eigenvalue weighted by molar-refractivity contribution is 5.97.